The quantitative estimate of drug-likeness (QED) is 0.806. The van der Waals surface area contributed by atoms with Gasteiger partial charge in [-0.2, -0.15) is 0 Å². The number of carbonyl (C=O) groups excluding carboxylic acids is 1. The highest BCUT2D eigenvalue weighted by molar-refractivity contribution is 5.99. The Labute approximate surface area is 102 Å². The Balaban J connectivity index is 2.03. The highest BCUT2D eigenvalue weighted by Crippen LogP contribution is 2.11. The van der Waals surface area contributed by atoms with Gasteiger partial charge in [-0.15, -0.1) is 0 Å². The summed E-state index contributed by atoms with van der Waals surface area (Å²) >= 11 is 0. The largest absolute Gasteiger partial charge is 0.367 e. The first-order chi connectivity index (χ1) is 8.31. The molecule has 1 heterocycles. The van der Waals surface area contributed by atoms with E-state index in [0.717, 1.165) is 24.9 Å². The van der Waals surface area contributed by atoms with Crippen LogP contribution >= 0.6 is 0 Å². The van der Waals surface area contributed by atoms with Crippen LogP contribution in [-0.4, -0.2) is 31.6 Å². The number of aryl methyl sites for hydroxylation is 1. The minimum atomic E-state index is -0.319. The average molecular weight is 233 g/mol. The first-order valence-corrected chi connectivity index (χ1v) is 6.26. The molecule has 17 heavy (non-hydrogen) atoms. The zero-order valence-corrected chi connectivity index (χ0v) is 10.2. The molecule has 0 aromatic heterocycles. The molecular weight excluding hydrogens is 214 g/mol. The van der Waals surface area contributed by atoms with Crippen LogP contribution in [0.3, 0.4) is 0 Å². The molecule has 1 N–H and O–H groups in total. The van der Waals surface area contributed by atoms with Gasteiger partial charge in [-0.3, -0.25) is 4.79 Å². The fraction of sp³-hybridized carbons (Fsp3) is 0.500. The maximum atomic E-state index is 12.1. The van der Waals surface area contributed by atoms with E-state index in [1.807, 2.05) is 24.3 Å². The van der Waals surface area contributed by atoms with E-state index in [-0.39, 0.29) is 11.9 Å². The molecule has 0 saturated carbocycles. The van der Waals surface area contributed by atoms with E-state index in [1.54, 1.807) is 0 Å². The predicted octanol–water partition coefficient (Wildman–Crippen LogP) is 1.81. The molecule has 2 rings (SSSR count). The zero-order chi connectivity index (χ0) is 12.1. The Kier molecular flexibility index (Phi) is 4.29. The van der Waals surface area contributed by atoms with Gasteiger partial charge >= 0.3 is 0 Å². The van der Waals surface area contributed by atoms with Crippen molar-refractivity contribution < 1.29 is 9.53 Å². The lowest BCUT2D eigenvalue weighted by atomic mass is 10.0. The van der Waals surface area contributed by atoms with Crippen molar-refractivity contribution in [3.63, 3.8) is 0 Å². The number of benzene rings is 1. The molecule has 1 aromatic carbocycles. The van der Waals surface area contributed by atoms with Gasteiger partial charge in [0.2, 0.25) is 0 Å². The van der Waals surface area contributed by atoms with Crippen molar-refractivity contribution in [2.45, 2.75) is 25.9 Å². The standard InChI is InChI=1S/C14H19NO2/c1-2-3-11-4-6-12(7-5-11)14(16)13-10-15-8-9-17-13/h4-7,13,15H,2-3,8-10H2,1H3. The Morgan fingerprint density at radius 3 is 2.76 bits per heavy atom. The first kappa shape index (κ1) is 12.3. The fourth-order valence-electron chi connectivity index (χ4n) is 2.04. The summed E-state index contributed by atoms with van der Waals surface area (Å²) in [5, 5.41) is 3.17. The summed E-state index contributed by atoms with van der Waals surface area (Å²) in [5.41, 5.74) is 2.03. The Morgan fingerprint density at radius 1 is 1.41 bits per heavy atom. The molecule has 1 unspecified atom stereocenters. The molecule has 1 saturated heterocycles. The van der Waals surface area contributed by atoms with E-state index in [2.05, 4.69) is 12.2 Å². The maximum Gasteiger partial charge on any atom is 0.192 e. The highest BCUT2D eigenvalue weighted by Gasteiger charge is 2.22. The normalized spacial score (nSPS) is 20.2. The Bertz CT molecular complexity index is 366. The second-order valence-corrected chi connectivity index (χ2v) is 4.37. The van der Waals surface area contributed by atoms with Crippen LogP contribution in [-0.2, 0) is 11.2 Å². The lowest BCUT2D eigenvalue weighted by Crippen LogP contribution is -2.43. The van der Waals surface area contributed by atoms with Crippen LogP contribution in [0, 0.1) is 0 Å². The van der Waals surface area contributed by atoms with E-state index < -0.39 is 0 Å². The molecule has 1 fully saturated rings. The van der Waals surface area contributed by atoms with Gasteiger partial charge in [0, 0.05) is 18.7 Å². The van der Waals surface area contributed by atoms with Gasteiger partial charge in [-0.25, -0.2) is 0 Å². The van der Waals surface area contributed by atoms with Crippen LogP contribution in [0.25, 0.3) is 0 Å². The van der Waals surface area contributed by atoms with Crippen LogP contribution in [0.1, 0.15) is 29.3 Å². The molecule has 1 aliphatic rings. The minimum Gasteiger partial charge on any atom is -0.367 e. The summed E-state index contributed by atoms with van der Waals surface area (Å²) in [7, 11) is 0. The fourth-order valence-corrected chi connectivity index (χ4v) is 2.04. The van der Waals surface area contributed by atoms with Gasteiger partial charge in [-0.05, 0) is 12.0 Å². The highest BCUT2D eigenvalue weighted by atomic mass is 16.5. The summed E-state index contributed by atoms with van der Waals surface area (Å²) in [6.07, 6.45) is 1.87. The van der Waals surface area contributed by atoms with E-state index in [1.165, 1.54) is 5.56 Å². The van der Waals surface area contributed by atoms with E-state index in [9.17, 15) is 4.79 Å². The summed E-state index contributed by atoms with van der Waals surface area (Å²) < 4.78 is 5.46. The van der Waals surface area contributed by atoms with Crippen molar-refractivity contribution in [3.05, 3.63) is 35.4 Å². The van der Waals surface area contributed by atoms with Gasteiger partial charge in [-0.1, -0.05) is 37.6 Å². The molecule has 0 spiro atoms. The Morgan fingerprint density at radius 2 is 2.18 bits per heavy atom. The van der Waals surface area contributed by atoms with Crippen LogP contribution in [0.5, 0.6) is 0 Å². The van der Waals surface area contributed by atoms with Gasteiger partial charge < -0.3 is 10.1 Å². The summed E-state index contributed by atoms with van der Waals surface area (Å²) in [6, 6.07) is 7.89. The number of carbonyl (C=O) groups is 1. The molecule has 3 heteroatoms. The van der Waals surface area contributed by atoms with Crippen molar-refractivity contribution in [3.8, 4) is 0 Å². The number of ether oxygens (including phenoxy) is 1. The second-order valence-electron chi connectivity index (χ2n) is 4.37. The number of hydrogen-bond donors (Lipinski definition) is 1. The van der Waals surface area contributed by atoms with Crippen LogP contribution in [0.2, 0.25) is 0 Å². The van der Waals surface area contributed by atoms with Crippen molar-refractivity contribution in [1.29, 1.82) is 0 Å². The third-order valence-corrected chi connectivity index (χ3v) is 3.00. The maximum absolute atomic E-state index is 12.1. The predicted molar refractivity (Wildman–Crippen MR) is 67.4 cm³/mol. The number of ketones is 1. The monoisotopic (exact) mass is 233 g/mol. The van der Waals surface area contributed by atoms with Crippen molar-refractivity contribution in [2.75, 3.05) is 19.7 Å². The number of hydrogen-bond acceptors (Lipinski definition) is 3. The van der Waals surface area contributed by atoms with Crippen molar-refractivity contribution in [2.24, 2.45) is 0 Å². The minimum absolute atomic E-state index is 0.0836. The van der Waals surface area contributed by atoms with E-state index in [4.69, 9.17) is 4.74 Å². The molecule has 0 aliphatic carbocycles. The second kappa shape index (κ2) is 5.94. The van der Waals surface area contributed by atoms with Crippen molar-refractivity contribution in [1.82, 2.24) is 5.32 Å². The number of nitrogens with one attached hydrogen (secondary N) is 1. The SMILES string of the molecule is CCCc1ccc(C(=O)C2CNCCO2)cc1. The molecule has 1 aromatic rings. The summed E-state index contributed by atoms with van der Waals surface area (Å²) in [4.78, 5) is 12.1. The van der Waals surface area contributed by atoms with E-state index in [0.29, 0.717) is 13.2 Å². The summed E-state index contributed by atoms with van der Waals surface area (Å²) in [5.74, 6) is 0.0836. The third-order valence-electron chi connectivity index (χ3n) is 3.00. The molecule has 92 valence electrons. The van der Waals surface area contributed by atoms with Gasteiger partial charge in [0.25, 0.3) is 0 Å². The number of Topliss-reactive ketones (excluding diaryl/α,β-unsaturated/α-hetero) is 1. The molecule has 0 radical (unpaired) electrons. The molecular formula is C14H19NO2. The average Bonchev–Trinajstić information content (AvgIpc) is 2.40. The number of morpholine rings is 1. The van der Waals surface area contributed by atoms with E-state index >= 15 is 0 Å². The zero-order valence-electron chi connectivity index (χ0n) is 10.2. The molecule has 3 nitrogen and oxygen atoms in total. The van der Waals surface area contributed by atoms with Gasteiger partial charge in [0.05, 0.1) is 6.61 Å². The lowest BCUT2D eigenvalue weighted by molar-refractivity contribution is 0.0269. The molecule has 1 atom stereocenters. The Hall–Kier alpha value is -1.19. The third kappa shape index (κ3) is 3.14. The van der Waals surface area contributed by atoms with Crippen LogP contribution in [0.4, 0.5) is 0 Å². The number of rotatable bonds is 4. The molecule has 0 amide bonds. The lowest BCUT2D eigenvalue weighted by Gasteiger charge is -2.22. The summed E-state index contributed by atoms with van der Waals surface area (Å²) in [6.45, 7) is 4.22. The first-order valence-electron chi connectivity index (χ1n) is 6.26. The molecule has 1 aliphatic heterocycles. The smallest absolute Gasteiger partial charge is 0.192 e. The van der Waals surface area contributed by atoms with Gasteiger partial charge in [0.1, 0.15) is 6.10 Å². The molecule has 0 bridgehead atoms. The van der Waals surface area contributed by atoms with Crippen LogP contribution in [0.15, 0.2) is 24.3 Å². The van der Waals surface area contributed by atoms with Gasteiger partial charge in [0.15, 0.2) is 5.78 Å². The van der Waals surface area contributed by atoms with Crippen molar-refractivity contribution >= 4 is 5.78 Å². The van der Waals surface area contributed by atoms with Crippen LogP contribution < -0.4 is 5.32 Å². The topological polar surface area (TPSA) is 38.3 Å².